The number of nitrogens with zero attached hydrogens (tertiary/aromatic N) is 1. The molecule has 0 saturated heterocycles. The zero-order valence-electron chi connectivity index (χ0n) is 19.3. The SMILES string of the molecule is CC(C)(C)OC(=O)NCCC1CNC(=O)c2cc(-c3cc(Cl)ccc3F)c(-c3ccccc3)n21. The lowest BCUT2D eigenvalue weighted by atomic mass is 10.0. The van der Waals surface area contributed by atoms with E-state index in [-0.39, 0.29) is 11.9 Å². The van der Waals surface area contributed by atoms with Gasteiger partial charge in [0, 0.05) is 29.2 Å². The molecular weight excluding hydrogens is 457 g/mol. The number of aromatic nitrogens is 1. The highest BCUT2D eigenvalue weighted by Crippen LogP contribution is 2.40. The van der Waals surface area contributed by atoms with Crippen molar-refractivity contribution in [1.29, 1.82) is 0 Å². The molecule has 1 atom stereocenters. The van der Waals surface area contributed by atoms with Crippen molar-refractivity contribution in [3.8, 4) is 22.4 Å². The zero-order chi connectivity index (χ0) is 24.5. The molecule has 0 aliphatic carbocycles. The van der Waals surface area contributed by atoms with Crippen LogP contribution in [0.3, 0.4) is 0 Å². The molecule has 4 rings (SSSR count). The molecule has 0 fully saturated rings. The second-order valence-corrected chi connectivity index (χ2v) is 9.67. The maximum absolute atomic E-state index is 14.9. The van der Waals surface area contributed by atoms with E-state index in [1.807, 2.05) is 34.9 Å². The summed E-state index contributed by atoms with van der Waals surface area (Å²) in [6, 6.07) is 15.5. The van der Waals surface area contributed by atoms with Crippen LogP contribution >= 0.6 is 11.6 Å². The van der Waals surface area contributed by atoms with Crippen molar-refractivity contribution >= 4 is 23.6 Å². The van der Waals surface area contributed by atoms with Crippen molar-refractivity contribution in [2.24, 2.45) is 0 Å². The molecule has 34 heavy (non-hydrogen) atoms. The molecular formula is C26H27ClFN3O3. The molecule has 2 heterocycles. The predicted octanol–water partition coefficient (Wildman–Crippen LogP) is 5.81. The van der Waals surface area contributed by atoms with Gasteiger partial charge in [0.1, 0.15) is 17.1 Å². The summed E-state index contributed by atoms with van der Waals surface area (Å²) in [5.41, 5.74) is 2.33. The number of ether oxygens (including phenoxy) is 1. The Hall–Kier alpha value is -3.32. The molecule has 1 aliphatic heterocycles. The molecule has 0 radical (unpaired) electrons. The van der Waals surface area contributed by atoms with Crippen LogP contribution in [0.15, 0.2) is 54.6 Å². The van der Waals surface area contributed by atoms with Gasteiger partial charge in [0.05, 0.1) is 11.7 Å². The van der Waals surface area contributed by atoms with Crippen molar-refractivity contribution in [2.75, 3.05) is 13.1 Å². The third kappa shape index (κ3) is 5.09. The summed E-state index contributed by atoms with van der Waals surface area (Å²) >= 11 is 6.19. The summed E-state index contributed by atoms with van der Waals surface area (Å²) in [7, 11) is 0. The van der Waals surface area contributed by atoms with Gasteiger partial charge in [0.15, 0.2) is 0 Å². The maximum Gasteiger partial charge on any atom is 0.407 e. The molecule has 3 aromatic rings. The Kier molecular flexibility index (Phi) is 6.66. The number of fused-ring (bicyclic) bond motifs is 1. The standard InChI is InChI=1S/C26H27ClFN3O3/c1-26(2,3)34-25(33)29-12-11-18-15-30-24(32)22-14-20(19-13-17(27)9-10-21(19)28)23(31(18)22)16-7-5-4-6-8-16/h4-10,13-14,18H,11-12,15H2,1-3H3,(H,29,33)(H,30,32). The van der Waals surface area contributed by atoms with Gasteiger partial charge >= 0.3 is 6.09 Å². The van der Waals surface area contributed by atoms with Crippen LogP contribution in [0.25, 0.3) is 22.4 Å². The van der Waals surface area contributed by atoms with Crippen molar-refractivity contribution in [3.63, 3.8) is 0 Å². The van der Waals surface area contributed by atoms with Gasteiger partial charge in [-0.15, -0.1) is 0 Å². The monoisotopic (exact) mass is 483 g/mol. The minimum atomic E-state index is -0.590. The summed E-state index contributed by atoms with van der Waals surface area (Å²) in [5, 5.41) is 6.09. The highest BCUT2D eigenvalue weighted by Gasteiger charge is 2.31. The normalized spacial score (nSPS) is 15.4. The third-order valence-electron chi connectivity index (χ3n) is 5.54. The van der Waals surface area contributed by atoms with E-state index in [2.05, 4.69) is 10.6 Å². The zero-order valence-corrected chi connectivity index (χ0v) is 20.1. The van der Waals surface area contributed by atoms with Crippen LogP contribution in [0.4, 0.5) is 9.18 Å². The highest BCUT2D eigenvalue weighted by molar-refractivity contribution is 6.30. The van der Waals surface area contributed by atoms with Crippen molar-refractivity contribution in [2.45, 2.75) is 38.8 Å². The fourth-order valence-electron chi connectivity index (χ4n) is 4.16. The molecule has 2 aromatic carbocycles. The van der Waals surface area contributed by atoms with E-state index in [9.17, 15) is 14.0 Å². The first kappa shape index (κ1) is 23.8. The van der Waals surface area contributed by atoms with Gasteiger partial charge in [0.25, 0.3) is 5.91 Å². The van der Waals surface area contributed by atoms with E-state index >= 15 is 0 Å². The summed E-state index contributed by atoms with van der Waals surface area (Å²) in [5.74, 6) is -0.657. The van der Waals surface area contributed by atoms with Gasteiger partial charge in [-0.25, -0.2) is 9.18 Å². The lowest BCUT2D eigenvalue weighted by Gasteiger charge is -2.29. The van der Waals surface area contributed by atoms with Crippen LogP contribution in [0.2, 0.25) is 5.02 Å². The highest BCUT2D eigenvalue weighted by atomic mass is 35.5. The number of hydrogen-bond donors (Lipinski definition) is 2. The summed E-state index contributed by atoms with van der Waals surface area (Å²) in [6.07, 6.45) is 0.0449. The Morgan fingerprint density at radius 1 is 1.18 bits per heavy atom. The van der Waals surface area contributed by atoms with Crippen LogP contribution in [0.5, 0.6) is 0 Å². The molecule has 1 unspecified atom stereocenters. The number of hydrogen-bond acceptors (Lipinski definition) is 3. The Balaban J connectivity index is 1.74. The second kappa shape index (κ2) is 9.50. The second-order valence-electron chi connectivity index (χ2n) is 9.23. The first-order valence-corrected chi connectivity index (χ1v) is 11.5. The summed E-state index contributed by atoms with van der Waals surface area (Å²) < 4.78 is 22.2. The van der Waals surface area contributed by atoms with Crippen LogP contribution < -0.4 is 10.6 Å². The minimum absolute atomic E-state index is 0.158. The molecule has 8 heteroatoms. The largest absolute Gasteiger partial charge is 0.444 e. The quantitative estimate of drug-likeness (QED) is 0.480. The smallest absolute Gasteiger partial charge is 0.407 e. The molecule has 1 aliphatic rings. The van der Waals surface area contributed by atoms with E-state index < -0.39 is 17.5 Å². The van der Waals surface area contributed by atoms with E-state index in [0.717, 1.165) is 11.3 Å². The minimum Gasteiger partial charge on any atom is -0.444 e. The van der Waals surface area contributed by atoms with Gasteiger partial charge in [-0.3, -0.25) is 4.79 Å². The molecule has 2 amide bonds. The molecule has 2 N–H and O–H groups in total. The van der Waals surface area contributed by atoms with Gasteiger partial charge in [-0.05, 0) is 57.0 Å². The summed E-state index contributed by atoms with van der Waals surface area (Å²) in [4.78, 5) is 24.9. The number of benzene rings is 2. The number of carbonyl (C=O) groups is 2. The third-order valence-corrected chi connectivity index (χ3v) is 5.78. The maximum atomic E-state index is 14.9. The van der Waals surface area contributed by atoms with Crippen molar-refractivity contribution < 1.29 is 18.7 Å². The molecule has 0 spiro atoms. The number of nitrogens with one attached hydrogen (secondary N) is 2. The fourth-order valence-corrected chi connectivity index (χ4v) is 4.33. The van der Waals surface area contributed by atoms with Gasteiger partial charge in [0.2, 0.25) is 0 Å². The Bertz CT molecular complexity index is 1220. The van der Waals surface area contributed by atoms with Crippen molar-refractivity contribution in [3.05, 3.63) is 71.1 Å². The lowest BCUT2D eigenvalue weighted by molar-refractivity contribution is 0.0524. The van der Waals surface area contributed by atoms with E-state index in [1.54, 1.807) is 32.9 Å². The molecule has 6 nitrogen and oxygen atoms in total. The lowest BCUT2D eigenvalue weighted by Crippen LogP contribution is -2.41. The van der Waals surface area contributed by atoms with Gasteiger partial charge in [-0.1, -0.05) is 41.9 Å². The number of rotatable bonds is 5. The van der Waals surface area contributed by atoms with Crippen LogP contribution in [-0.2, 0) is 4.74 Å². The van der Waals surface area contributed by atoms with Crippen LogP contribution in [0, 0.1) is 5.82 Å². The van der Waals surface area contributed by atoms with Crippen LogP contribution in [0.1, 0.15) is 43.7 Å². The average Bonchev–Trinajstić information content (AvgIpc) is 3.18. The number of alkyl carbamates (subject to hydrolysis) is 1. The van der Waals surface area contributed by atoms with Crippen LogP contribution in [-0.4, -0.2) is 35.3 Å². The van der Waals surface area contributed by atoms with E-state index in [0.29, 0.717) is 41.4 Å². The molecule has 0 bridgehead atoms. The molecule has 178 valence electrons. The first-order chi connectivity index (χ1) is 16.1. The summed E-state index contributed by atoms with van der Waals surface area (Å²) in [6.45, 7) is 6.14. The predicted molar refractivity (Wildman–Crippen MR) is 130 cm³/mol. The Morgan fingerprint density at radius 3 is 2.62 bits per heavy atom. The number of amides is 2. The van der Waals surface area contributed by atoms with Crippen molar-refractivity contribution in [1.82, 2.24) is 15.2 Å². The topological polar surface area (TPSA) is 72.4 Å². The fraction of sp³-hybridized carbons (Fsp3) is 0.308. The van der Waals surface area contributed by atoms with Gasteiger partial charge in [-0.2, -0.15) is 0 Å². The first-order valence-electron chi connectivity index (χ1n) is 11.1. The molecule has 0 saturated carbocycles. The number of halogens is 2. The molecule has 1 aromatic heterocycles. The van der Waals surface area contributed by atoms with E-state index in [1.165, 1.54) is 12.1 Å². The van der Waals surface area contributed by atoms with E-state index in [4.69, 9.17) is 16.3 Å². The average molecular weight is 484 g/mol. The van der Waals surface area contributed by atoms with Gasteiger partial charge < -0.3 is 19.9 Å². The Labute approximate surface area is 203 Å². The Morgan fingerprint density at radius 2 is 1.91 bits per heavy atom. The number of carbonyl (C=O) groups excluding carboxylic acids is 2.